The minimum atomic E-state index is -0.987. The summed E-state index contributed by atoms with van der Waals surface area (Å²) in [6.45, 7) is 4.90. The molecule has 34 heavy (non-hydrogen) atoms. The molecule has 2 saturated heterocycles. The number of nitrogens with one attached hydrogen (secondary N) is 3. The van der Waals surface area contributed by atoms with Crippen molar-refractivity contribution in [3.8, 4) is 5.75 Å². The van der Waals surface area contributed by atoms with Crippen LogP contribution in [0.15, 0.2) is 24.3 Å². The number of ether oxygens (including phenoxy) is 1. The molecule has 4 rings (SSSR count). The molecule has 10 nitrogen and oxygen atoms in total. The van der Waals surface area contributed by atoms with Gasteiger partial charge in [-0.3, -0.25) is 19.2 Å². The molecule has 182 valence electrons. The Kier molecular flexibility index (Phi) is 6.24. The van der Waals surface area contributed by atoms with Crippen molar-refractivity contribution in [2.24, 2.45) is 17.1 Å². The molecule has 3 heterocycles. The first kappa shape index (κ1) is 23.6. The molecule has 3 atom stereocenters. The zero-order valence-electron chi connectivity index (χ0n) is 19.6. The molecular formula is C24H31N5O5. The van der Waals surface area contributed by atoms with Gasteiger partial charge in [-0.2, -0.15) is 0 Å². The van der Waals surface area contributed by atoms with Gasteiger partial charge in [0.05, 0.1) is 7.11 Å². The summed E-state index contributed by atoms with van der Waals surface area (Å²) in [5.41, 5.74) is 6.34. The number of hydrogen-bond donors (Lipinski definition) is 4. The number of nitrogens with two attached hydrogens (primary N) is 1. The summed E-state index contributed by atoms with van der Waals surface area (Å²) in [7, 11) is 1.57. The number of fused-ring (bicyclic) bond motifs is 1. The summed E-state index contributed by atoms with van der Waals surface area (Å²) in [6, 6.07) is 5.46. The van der Waals surface area contributed by atoms with Crippen LogP contribution in [0.3, 0.4) is 0 Å². The predicted octanol–water partition coefficient (Wildman–Crippen LogP) is 0.914. The fraction of sp³-hybridized carbons (Fsp3) is 0.500. The average molecular weight is 470 g/mol. The molecule has 1 aromatic carbocycles. The maximum atomic E-state index is 13.5. The van der Waals surface area contributed by atoms with Crippen LogP contribution in [-0.4, -0.2) is 65.8 Å². The van der Waals surface area contributed by atoms with Crippen LogP contribution in [0.1, 0.15) is 43.6 Å². The molecule has 0 bridgehead atoms. The highest BCUT2D eigenvalue weighted by Gasteiger charge is 2.45. The molecule has 5 N–H and O–H groups in total. The number of methoxy groups -OCH3 is 1. The Morgan fingerprint density at radius 2 is 2.09 bits per heavy atom. The number of amides is 4. The number of nitrogens with zero attached hydrogens (tertiary/aromatic N) is 1. The van der Waals surface area contributed by atoms with Crippen molar-refractivity contribution in [1.82, 2.24) is 20.5 Å². The third-order valence-electron chi connectivity index (χ3n) is 6.70. The van der Waals surface area contributed by atoms with Gasteiger partial charge in [-0.25, -0.2) is 0 Å². The Bertz CT molecular complexity index is 1140. The van der Waals surface area contributed by atoms with E-state index in [1.54, 1.807) is 13.2 Å². The van der Waals surface area contributed by atoms with Crippen LogP contribution in [0.4, 0.5) is 0 Å². The van der Waals surface area contributed by atoms with Gasteiger partial charge < -0.3 is 31.0 Å². The average Bonchev–Trinajstić information content (AvgIpc) is 3.48. The summed E-state index contributed by atoms with van der Waals surface area (Å²) in [5, 5.41) is 6.20. The lowest BCUT2D eigenvalue weighted by molar-refractivity contribution is -0.131. The van der Waals surface area contributed by atoms with E-state index in [4.69, 9.17) is 10.5 Å². The fourth-order valence-corrected chi connectivity index (χ4v) is 4.96. The highest BCUT2D eigenvalue weighted by molar-refractivity contribution is 6.02. The number of H-pyrrole nitrogens is 1. The summed E-state index contributed by atoms with van der Waals surface area (Å²) >= 11 is 0. The number of benzene rings is 1. The highest BCUT2D eigenvalue weighted by Crippen LogP contribution is 2.36. The predicted molar refractivity (Wildman–Crippen MR) is 125 cm³/mol. The summed E-state index contributed by atoms with van der Waals surface area (Å²) in [5.74, 6) is -1.34. The van der Waals surface area contributed by atoms with Crippen molar-refractivity contribution in [1.29, 1.82) is 0 Å². The molecule has 0 spiro atoms. The molecule has 2 fully saturated rings. The van der Waals surface area contributed by atoms with Gasteiger partial charge in [0.15, 0.2) is 0 Å². The Morgan fingerprint density at radius 3 is 2.74 bits per heavy atom. The van der Waals surface area contributed by atoms with Crippen molar-refractivity contribution in [2.75, 3.05) is 20.2 Å². The third-order valence-corrected chi connectivity index (χ3v) is 6.70. The smallest absolute Gasteiger partial charge is 0.271 e. The third kappa shape index (κ3) is 4.57. The summed E-state index contributed by atoms with van der Waals surface area (Å²) in [4.78, 5) is 55.4. The first-order valence-electron chi connectivity index (χ1n) is 11.4. The van der Waals surface area contributed by atoms with E-state index in [-0.39, 0.29) is 29.6 Å². The molecule has 2 aliphatic heterocycles. The first-order chi connectivity index (χ1) is 16.1. The number of aromatic nitrogens is 1. The first-order valence-corrected chi connectivity index (χ1v) is 11.4. The number of likely N-dealkylation sites (tertiary alicyclic amines) is 1. The van der Waals surface area contributed by atoms with Crippen molar-refractivity contribution in [2.45, 2.75) is 45.2 Å². The van der Waals surface area contributed by atoms with Crippen molar-refractivity contribution < 1.29 is 23.9 Å². The zero-order chi connectivity index (χ0) is 24.6. The van der Waals surface area contributed by atoms with Gasteiger partial charge in [-0.15, -0.1) is 0 Å². The number of hydrogen-bond acceptors (Lipinski definition) is 5. The molecule has 4 amide bonds. The Balaban J connectivity index is 1.55. The van der Waals surface area contributed by atoms with E-state index in [0.29, 0.717) is 37.4 Å². The van der Waals surface area contributed by atoms with Gasteiger partial charge in [-0.1, -0.05) is 19.9 Å². The lowest BCUT2D eigenvalue weighted by Gasteiger charge is -2.26. The summed E-state index contributed by atoms with van der Waals surface area (Å²) in [6.07, 6.45) is 1.16. The zero-order valence-corrected chi connectivity index (χ0v) is 19.6. The monoisotopic (exact) mass is 469 g/mol. The highest BCUT2D eigenvalue weighted by atomic mass is 16.5. The van der Waals surface area contributed by atoms with E-state index in [1.165, 1.54) is 4.90 Å². The van der Waals surface area contributed by atoms with E-state index in [2.05, 4.69) is 15.6 Å². The van der Waals surface area contributed by atoms with E-state index >= 15 is 0 Å². The van der Waals surface area contributed by atoms with Crippen LogP contribution in [-0.2, 0) is 14.4 Å². The van der Waals surface area contributed by atoms with Crippen molar-refractivity contribution in [3.63, 3.8) is 0 Å². The van der Waals surface area contributed by atoms with Crippen LogP contribution in [0.2, 0.25) is 0 Å². The van der Waals surface area contributed by atoms with Gasteiger partial charge in [0.1, 0.15) is 23.5 Å². The second kappa shape index (κ2) is 9.00. The van der Waals surface area contributed by atoms with Crippen molar-refractivity contribution >= 4 is 34.5 Å². The van der Waals surface area contributed by atoms with E-state index < -0.39 is 23.9 Å². The summed E-state index contributed by atoms with van der Waals surface area (Å²) < 4.78 is 5.39. The Hall–Kier alpha value is -3.56. The Morgan fingerprint density at radius 1 is 1.32 bits per heavy atom. The van der Waals surface area contributed by atoms with Crippen LogP contribution in [0.5, 0.6) is 5.75 Å². The minimum Gasteiger partial charge on any atom is -0.496 e. The Labute approximate surface area is 197 Å². The van der Waals surface area contributed by atoms with Crippen LogP contribution < -0.4 is 21.1 Å². The normalized spacial score (nSPS) is 22.4. The fourth-order valence-electron chi connectivity index (χ4n) is 4.96. The number of rotatable bonds is 7. The molecule has 0 aliphatic carbocycles. The number of aromatic amines is 1. The van der Waals surface area contributed by atoms with E-state index in [9.17, 15) is 19.2 Å². The van der Waals surface area contributed by atoms with Gasteiger partial charge in [0, 0.05) is 29.9 Å². The standard InChI is InChI=1S/C24H31N5O5/c1-24(2)11-18(22(32)28-16(20(25)30)9-13-7-8-26-21(13)31)29(12-24)23(33)17-10-14-15(27-17)5-4-6-19(14)34-3/h4-6,10,13,16,18,27H,7-9,11-12H2,1-3H3,(H2,25,30)(H,26,31)(H,28,32)/t13-,16-,18-/m0/s1. The topological polar surface area (TPSA) is 147 Å². The molecule has 1 aromatic heterocycles. The molecular weight excluding hydrogens is 438 g/mol. The van der Waals surface area contributed by atoms with Gasteiger partial charge >= 0.3 is 0 Å². The quantitative estimate of drug-likeness (QED) is 0.476. The molecule has 2 aliphatic rings. The number of primary amides is 1. The van der Waals surface area contributed by atoms with Gasteiger partial charge in [-0.05, 0) is 42.9 Å². The molecule has 0 radical (unpaired) electrons. The van der Waals surface area contributed by atoms with Crippen LogP contribution in [0, 0.1) is 11.3 Å². The molecule has 2 aromatic rings. The lowest BCUT2D eigenvalue weighted by Crippen LogP contribution is -2.53. The van der Waals surface area contributed by atoms with Gasteiger partial charge in [0.2, 0.25) is 17.7 Å². The maximum Gasteiger partial charge on any atom is 0.271 e. The largest absolute Gasteiger partial charge is 0.496 e. The van der Waals surface area contributed by atoms with Gasteiger partial charge in [0.25, 0.3) is 5.91 Å². The SMILES string of the molecule is COc1cccc2[nH]c(C(=O)N3CC(C)(C)C[C@H]3C(=O)N[C@@H](C[C@@H]3CCNC3=O)C(N)=O)cc12. The van der Waals surface area contributed by atoms with Crippen molar-refractivity contribution in [3.05, 3.63) is 30.0 Å². The maximum absolute atomic E-state index is 13.5. The second-order valence-corrected chi connectivity index (χ2v) is 9.90. The van der Waals surface area contributed by atoms with Crippen LogP contribution >= 0.6 is 0 Å². The number of carbonyl (C=O) groups excluding carboxylic acids is 4. The van der Waals surface area contributed by atoms with E-state index in [1.807, 2.05) is 32.0 Å². The number of carbonyl (C=O) groups is 4. The lowest BCUT2D eigenvalue weighted by atomic mass is 9.90. The van der Waals surface area contributed by atoms with Crippen LogP contribution in [0.25, 0.3) is 10.9 Å². The molecule has 0 unspecified atom stereocenters. The molecule has 0 saturated carbocycles. The minimum absolute atomic E-state index is 0.138. The molecule has 10 heteroatoms. The second-order valence-electron chi connectivity index (χ2n) is 9.90. The van der Waals surface area contributed by atoms with E-state index in [0.717, 1.165) is 10.9 Å².